The molecule has 1 atom stereocenters. The summed E-state index contributed by atoms with van der Waals surface area (Å²) in [7, 11) is -3.49. The standard InChI is InChI=1S/C17H21N3O3S/c1-2-14-7-9-16(10-8-14)24(21,22)20-12-4-5-15(13-20)23-17-6-3-11-18-19-17/h3,6-11,15H,2,4-5,12-13H2,1H3. The van der Waals surface area contributed by atoms with E-state index in [1.54, 1.807) is 30.5 Å². The average Bonchev–Trinajstić information content (AvgIpc) is 2.63. The number of hydrogen-bond acceptors (Lipinski definition) is 5. The molecule has 1 unspecified atom stereocenters. The predicted molar refractivity (Wildman–Crippen MR) is 90.3 cm³/mol. The number of piperidine rings is 1. The zero-order valence-electron chi connectivity index (χ0n) is 13.6. The number of benzene rings is 1. The molecule has 0 saturated carbocycles. The topological polar surface area (TPSA) is 72.4 Å². The van der Waals surface area contributed by atoms with Crippen molar-refractivity contribution >= 4 is 10.0 Å². The first kappa shape index (κ1) is 16.9. The predicted octanol–water partition coefficient (Wildman–Crippen LogP) is 2.27. The number of nitrogens with zero attached hydrogens (tertiary/aromatic N) is 3. The maximum absolute atomic E-state index is 12.8. The molecule has 1 fully saturated rings. The van der Waals surface area contributed by atoms with Crippen molar-refractivity contribution in [2.45, 2.75) is 37.2 Å². The van der Waals surface area contributed by atoms with Gasteiger partial charge < -0.3 is 4.74 Å². The molecule has 0 N–H and O–H groups in total. The maximum Gasteiger partial charge on any atom is 0.243 e. The Hall–Kier alpha value is -1.99. The fraction of sp³-hybridized carbons (Fsp3) is 0.412. The van der Waals surface area contributed by atoms with Crippen molar-refractivity contribution < 1.29 is 13.2 Å². The van der Waals surface area contributed by atoms with E-state index in [0.717, 1.165) is 24.8 Å². The molecule has 0 amide bonds. The smallest absolute Gasteiger partial charge is 0.243 e. The molecule has 1 aliphatic rings. The van der Waals surface area contributed by atoms with Crippen molar-refractivity contribution in [2.24, 2.45) is 0 Å². The van der Waals surface area contributed by atoms with Crippen molar-refractivity contribution in [2.75, 3.05) is 13.1 Å². The van der Waals surface area contributed by atoms with E-state index in [2.05, 4.69) is 10.2 Å². The Morgan fingerprint density at radius 3 is 2.71 bits per heavy atom. The van der Waals surface area contributed by atoms with Crippen LogP contribution in [0.1, 0.15) is 25.3 Å². The van der Waals surface area contributed by atoms with Gasteiger partial charge in [0.2, 0.25) is 15.9 Å². The second-order valence-corrected chi connectivity index (χ2v) is 7.74. The Labute approximate surface area is 142 Å². The van der Waals surface area contributed by atoms with E-state index in [9.17, 15) is 8.42 Å². The summed E-state index contributed by atoms with van der Waals surface area (Å²) in [5.41, 5.74) is 1.12. The van der Waals surface area contributed by atoms with Crippen LogP contribution < -0.4 is 4.74 Å². The van der Waals surface area contributed by atoms with Crippen LogP contribution in [0.5, 0.6) is 5.88 Å². The first-order valence-electron chi connectivity index (χ1n) is 8.13. The number of ether oxygens (including phenoxy) is 1. The molecule has 0 bridgehead atoms. The molecule has 7 heteroatoms. The largest absolute Gasteiger partial charge is 0.472 e. The summed E-state index contributed by atoms with van der Waals surface area (Å²) < 4.78 is 32.9. The fourth-order valence-electron chi connectivity index (χ4n) is 2.79. The van der Waals surface area contributed by atoms with E-state index in [-0.39, 0.29) is 6.10 Å². The summed E-state index contributed by atoms with van der Waals surface area (Å²) in [6.45, 7) is 2.88. The highest BCUT2D eigenvalue weighted by Gasteiger charge is 2.31. The minimum Gasteiger partial charge on any atom is -0.472 e. The number of sulfonamides is 1. The van der Waals surface area contributed by atoms with Crippen molar-refractivity contribution in [3.63, 3.8) is 0 Å². The third-order valence-electron chi connectivity index (χ3n) is 4.15. The average molecular weight is 347 g/mol. The second kappa shape index (κ2) is 7.27. The Morgan fingerprint density at radius 1 is 1.25 bits per heavy atom. The van der Waals surface area contributed by atoms with Crippen molar-refractivity contribution in [3.05, 3.63) is 48.2 Å². The molecular formula is C17H21N3O3S. The minimum absolute atomic E-state index is 0.208. The third kappa shape index (κ3) is 3.73. The van der Waals surface area contributed by atoms with Gasteiger partial charge in [-0.25, -0.2) is 8.42 Å². The number of hydrogen-bond donors (Lipinski definition) is 0. The molecule has 0 spiro atoms. The van der Waals surface area contributed by atoms with Crippen molar-refractivity contribution in [3.8, 4) is 5.88 Å². The summed E-state index contributed by atoms with van der Waals surface area (Å²) >= 11 is 0. The zero-order chi connectivity index (χ0) is 17.0. The van der Waals surface area contributed by atoms with Gasteiger partial charge in [-0.15, -0.1) is 5.10 Å². The molecule has 2 aromatic rings. The molecule has 1 saturated heterocycles. The highest BCUT2D eigenvalue weighted by atomic mass is 32.2. The lowest BCUT2D eigenvalue weighted by Gasteiger charge is -2.31. The molecule has 1 aliphatic heterocycles. The minimum atomic E-state index is -3.49. The van der Waals surface area contributed by atoms with Gasteiger partial charge in [0.05, 0.1) is 11.4 Å². The van der Waals surface area contributed by atoms with Gasteiger partial charge in [0.1, 0.15) is 6.10 Å². The van der Waals surface area contributed by atoms with Crippen LogP contribution in [0.15, 0.2) is 47.5 Å². The van der Waals surface area contributed by atoms with Gasteiger partial charge in [-0.2, -0.15) is 9.40 Å². The zero-order valence-corrected chi connectivity index (χ0v) is 14.4. The van der Waals surface area contributed by atoms with Crippen LogP contribution >= 0.6 is 0 Å². The van der Waals surface area contributed by atoms with E-state index in [4.69, 9.17) is 4.74 Å². The van der Waals surface area contributed by atoms with Gasteiger partial charge in [-0.05, 0) is 43.0 Å². The van der Waals surface area contributed by atoms with E-state index < -0.39 is 10.0 Å². The van der Waals surface area contributed by atoms with Gasteiger partial charge in [0, 0.05) is 18.8 Å². The molecule has 128 valence electrons. The van der Waals surface area contributed by atoms with Crippen LogP contribution in [-0.4, -0.2) is 42.1 Å². The lowest BCUT2D eigenvalue weighted by Crippen LogP contribution is -2.44. The van der Waals surface area contributed by atoms with E-state index >= 15 is 0 Å². The normalized spacial score (nSPS) is 19.1. The Bertz CT molecular complexity index is 763. The molecule has 1 aromatic heterocycles. The molecular weight excluding hydrogens is 326 g/mol. The second-order valence-electron chi connectivity index (χ2n) is 5.80. The number of aryl methyl sites for hydroxylation is 1. The first-order valence-corrected chi connectivity index (χ1v) is 9.57. The Morgan fingerprint density at radius 2 is 2.04 bits per heavy atom. The molecule has 6 nitrogen and oxygen atoms in total. The molecule has 1 aromatic carbocycles. The number of aromatic nitrogens is 2. The first-order chi connectivity index (χ1) is 11.6. The van der Waals surface area contributed by atoms with Crippen molar-refractivity contribution in [1.29, 1.82) is 0 Å². The summed E-state index contributed by atoms with van der Waals surface area (Å²) in [5, 5.41) is 7.67. The van der Waals surface area contributed by atoms with Crippen LogP contribution in [0.2, 0.25) is 0 Å². The van der Waals surface area contributed by atoms with E-state index in [1.807, 2.05) is 19.1 Å². The Balaban J connectivity index is 1.73. The quantitative estimate of drug-likeness (QED) is 0.830. The SMILES string of the molecule is CCc1ccc(S(=O)(=O)N2CCCC(Oc3cccnn3)C2)cc1. The summed E-state index contributed by atoms with van der Waals surface area (Å²) in [4.78, 5) is 0.333. The Kier molecular flexibility index (Phi) is 5.11. The summed E-state index contributed by atoms with van der Waals surface area (Å²) in [6.07, 6.45) is 3.82. The number of rotatable bonds is 5. The molecule has 24 heavy (non-hydrogen) atoms. The van der Waals surface area contributed by atoms with Gasteiger partial charge in [0.25, 0.3) is 0 Å². The third-order valence-corrected chi connectivity index (χ3v) is 6.02. The van der Waals surface area contributed by atoms with Crippen LogP contribution in [0, 0.1) is 0 Å². The summed E-state index contributed by atoms with van der Waals surface area (Å²) in [6, 6.07) is 10.6. The lowest BCUT2D eigenvalue weighted by atomic mass is 10.1. The van der Waals surface area contributed by atoms with Crippen molar-refractivity contribution in [1.82, 2.24) is 14.5 Å². The van der Waals surface area contributed by atoms with Crippen LogP contribution in [0.4, 0.5) is 0 Å². The van der Waals surface area contributed by atoms with Crippen LogP contribution in [0.3, 0.4) is 0 Å². The molecule has 3 rings (SSSR count). The highest BCUT2D eigenvalue weighted by molar-refractivity contribution is 7.89. The van der Waals surface area contributed by atoms with Crippen LogP contribution in [-0.2, 0) is 16.4 Å². The molecule has 0 aliphatic carbocycles. The van der Waals surface area contributed by atoms with E-state index in [1.165, 1.54) is 4.31 Å². The highest BCUT2D eigenvalue weighted by Crippen LogP contribution is 2.23. The fourth-order valence-corrected chi connectivity index (χ4v) is 4.30. The van der Waals surface area contributed by atoms with Gasteiger partial charge in [-0.1, -0.05) is 19.1 Å². The van der Waals surface area contributed by atoms with Gasteiger partial charge in [0.15, 0.2) is 0 Å². The lowest BCUT2D eigenvalue weighted by molar-refractivity contribution is 0.123. The van der Waals surface area contributed by atoms with E-state index in [0.29, 0.717) is 23.9 Å². The van der Waals surface area contributed by atoms with Gasteiger partial charge in [-0.3, -0.25) is 0 Å². The molecule has 0 radical (unpaired) electrons. The summed E-state index contributed by atoms with van der Waals surface area (Å²) in [5.74, 6) is 0.425. The molecule has 2 heterocycles. The monoisotopic (exact) mass is 347 g/mol. The maximum atomic E-state index is 12.8. The van der Waals surface area contributed by atoms with Gasteiger partial charge >= 0.3 is 0 Å². The van der Waals surface area contributed by atoms with Crippen LogP contribution in [0.25, 0.3) is 0 Å².